The van der Waals surface area contributed by atoms with Crippen LogP contribution in [0, 0.1) is 5.92 Å². The minimum atomic E-state index is -0.921. The molecule has 2 fully saturated rings. The van der Waals surface area contributed by atoms with E-state index in [1.807, 2.05) is 41.5 Å². The fraction of sp³-hybridized carbons (Fsp3) is 0.808. The summed E-state index contributed by atoms with van der Waals surface area (Å²) in [5.41, 5.74) is -1.09. The van der Waals surface area contributed by atoms with Gasteiger partial charge in [0.05, 0.1) is 30.7 Å². The molecule has 0 aromatic rings. The van der Waals surface area contributed by atoms with Gasteiger partial charge in [0.15, 0.2) is 0 Å². The molecule has 2 saturated heterocycles. The number of carbonyl (C=O) groups is 5. The maximum atomic E-state index is 13.4. The molecule has 2 aliphatic heterocycles. The summed E-state index contributed by atoms with van der Waals surface area (Å²) in [5.74, 6) is -2.65. The summed E-state index contributed by atoms with van der Waals surface area (Å²) in [6.45, 7) is 15.2. The first-order chi connectivity index (χ1) is 18.0. The number of amides is 4. The molecule has 0 radical (unpaired) electrons. The van der Waals surface area contributed by atoms with E-state index in [0.29, 0.717) is 19.4 Å². The summed E-state index contributed by atoms with van der Waals surface area (Å²) in [6.07, 6.45) is 0.932. The molecule has 0 spiro atoms. The van der Waals surface area contributed by atoms with Crippen LogP contribution in [0.15, 0.2) is 0 Å². The largest absolute Gasteiger partial charge is 0.482 e. The molecule has 0 bridgehead atoms. The Morgan fingerprint density at radius 1 is 0.923 bits per heavy atom. The van der Waals surface area contributed by atoms with Crippen LogP contribution in [-0.2, 0) is 38.0 Å². The van der Waals surface area contributed by atoms with Crippen LogP contribution in [0.5, 0.6) is 0 Å². The highest BCUT2D eigenvalue weighted by atomic mass is 16.7. The molecule has 4 unspecified atom stereocenters. The van der Waals surface area contributed by atoms with Crippen LogP contribution < -0.4 is 16.0 Å². The smallest absolute Gasteiger partial charge is 0.469 e. The molecule has 220 valence electrons. The predicted molar refractivity (Wildman–Crippen MR) is 144 cm³/mol. The van der Waals surface area contributed by atoms with Crippen LogP contribution in [0.3, 0.4) is 0 Å². The number of nitrogens with one attached hydrogen (secondary N) is 3. The van der Waals surface area contributed by atoms with E-state index in [-0.39, 0.29) is 30.6 Å². The summed E-state index contributed by atoms with van der Waals surface area (Å²) >= 11 is 0. The molecular formula is C26H45BN4O8. The molecule has 39 heavy (non-hydrogen) atoms. The average Bonchev–Trinajstić information content (AvgIpc) is 3.41. The van der Waals surface area contributed by atoms with Crippen LogP contribution in [0.1, 0.15) is 81.1 Å². The van der Waals surface area contributed by atoms with Crippen molar-refractivity contribution in [3.8, 4) is 0 Å². The Morgan fingerprint density at radius 2 is 1.51 bits per heavy atom. The van der Waals surface area contributed by atoms with Gasteiger partial charge in [0, 0.05) is 13.0 Å². The van der Waals surface area contributed by atoms with Gasteiger partial charge in [-0.1, -0.05) is 13.8 Å². The highest BCUT2D eigenvalue weighted by Gasteiger charge is 2.55. The summed E-state index contributed by atoms with van der Waals surface area (Å²) in [6, 6.07) is -2.52. The van der Waals surface area contributed by atoms with E-state index in [0.717, 1.165) is 0 Å². The fourth-order valence-corrected chi connectivity index (χ4v) is 4.49. The number of likely N-dealkylation sites (tertiary alicyclic amines) is 1. The van der Waals surface area contributed by atoms with E-state index < -0.39 is 60.2 Å². The van der Waals surface area contributed by atoms with E-state index in [1.165, 1.54) is 18.9 Å². The number of rotatable bonds is 11. The number of ether oxygens (including phenoxy) is 1. The maximum absolute atomic E-state index is 13.4. The van der Waals surface area contributed by atoms with Gasteiger partial charge in [0.2, 0.25) is 23.6 Å². The third-order valence-electron chi connectivity index (χ3n) is 7.71. The van der Waals surface area contributed by atoms with Gasteiger partial charge in [-0.3, -0.25) is 24.0 Å². The Bertz CT molecular complexity index is 925. The van der Waals surface area contributed by atoms with E-state index >= 15 is 0 Å². The first-order valence-corrected chi connectivity index (χ1v) is 13.6. The molecule has 0 aliphatic carbocycles. The molecule has 0 saturated carbocycles. The van der Waals surface area contributed by atoms with Gasteiger partial charge < -0.3 is 34.9 Å². The second-order valence-electron chi connectivity index (χ2n) is 11.7. The van der Waals surface area contributed by atoms with Gasteiger partial charge in [-0.05, 0) is 60.3 Å². The van der Waals surface area contributed by atoms with Crippen molar-refractivity contribution < 1.29 is 38.0 Å². The number of hydrogen-bond acceptors (Lipinski definition) is 8. The van der Waals surface area contributed by atoms with Crippen molar-refractivity contribution in [3.05, 3.63) is 0 Å². The van der Waals surface area contributed by atoms with Crippen molar-refractivity contribution in [3.63, 3.8) is 0 Å². The lowest BCUT2D eigenvalue weighted by molar-refractivity contribution is -0.142. The Kier molecular flexibility index (Phi) is 11.0. The summed E-state index contributed by atoms with van der Waals surface area (Å²) < 4.78 is 16.8. The first kappa shape index (κ1) is 32.5. The zero-order chi connectivity index (χ0) is 29.7. The molecule has 4 amide bonds. The van der Waals surface area contributed by atoms with E-state index in [2.05, 4.69) is 20.7 Å². The number of methoxy groups -OCH3 is 1. The van der Waals surface area contributed by atoms with Crippen molar-refractivity contribution in [2.75, 3.05) is 13.7 Å². The molecule has 2 heterocycles. The SMILES string of the molecule is COC(=O)CCC(=O)NC(C)C(=O)NC(C)C(=O)N1CCCC1C(=O)NC(B1OC(C)(C)C(C)(C)O1)C(C)C. The fourth-order valence-electron chi connectivity index (χ4n) is 4.49. The topological polar surface area (TPSA) is 152 Å². The zero-order valence-corrected chi connectivity index (χ0v) is 24.7. The highest BCUT2D eigenvalue weighted by molar-refractivity contribution is 6.48. The van der Waals surface area contributed by atoms with Crippen molar-refractivity contribution in [1.82, 2.24) is 20.9 Å². The second kappa shape index (κ2) is 13.1. The first-order valence-electron chi connectivity index (χ1n) is 13.6. The molecule has 13 heteroatoms. The normalized spacial score (nSPS) is 22.2. The lowest BCUT2D eigenvalue weighted by Gasteiger charge is -2.32. The zero-order valence-electron chi connectivity index (χ0n) is 24.7. The van der Waals surface area contributed by atoms with Crippen LogP contribution in [0.4, 0.5) is 0 Å². The molecule has 2 rings (SSSR count). The van der Waals surface area contributed by atoms with Gasteiger partial charge in [0.1, 0.15) is 18.1 Å². The summed E-state index contributed by atoms with van der Waals surface area (Å²) in [5, 5.41) is 8.16. The highest BCUT2D eigenvalue weighted by Crippen LogP contribution is 2.38. The third kappa shape index (κ3) is 8.17. The summed E-state index contributed by atoms with van der Waals surface area (Å²) in [4.78, 5) is 63.9. The molecule has 4 atom stereocenters. The minimum Gasteiger partial charge on any atom is -0.469 e. The molecule has 0 aromatic heterocycles. The quantitative estimate of drug-likeness (QED) is 0.250. The van der Waals surface area contributed by atoms with Gasteiger partial charge in [-0.25, -0.2) is 0 Å². The van der Waals surface area contributed by atoms with E-state index in [9.17, 15) is 24.0 Å². The Hall–Kier alpha value is -2.67. The van der Waals surface area contributed by atoms with Crippen LogP contribution >= 0.6 is 0 Å². The Balaban J connectivity index is 1.97. The lowest BCUT2D eigenvalue weighted by atomic mass is 9.72. The lowest BCUT2D eigenvalue weighted by Crippen LogP contribution is -2.58. The molecule has 3 N–H and O–H groups in total. The van der Waals surface area contributed by atoms with Crippen molar-refractivity contribution >= 4 is 36.7 Å². The van der Waals surface area contributed by atoms with Gasteiger partial charge >= 0.3 is 13.1 Å². The van der Waals surface area contributed by atoms with Crippen molar-refractivity contribution in [1.29, 1.82) is 0 Å². The van der Waals surface area contributed by atoms with Gasteiger partial charge in [-0.2, -0.15) is 0 Å². The van der Waals surface area contributed by atoms with Gasteiger partial charge in [-0.15, -0.1) is 0 Å². The predicted octanol–water partition coefficient (Wildman–Crippen LogP) is 0.712. The average molecular weight is 552 g/mol. The molecule has 0 aromatic carbocycles. The van der Waals surface area contributed by atoms with Gasteiger partial charge in [0.25, 0.3) is 0 Å². The van der Waals surface area contributed by atoms with Crippen LogP contribution in [0.2, 0.25) is 0 Å². The van der Waals surface area contributed by atoms with E-state index in [1.54, 1.807) is 6.92 Å². The number of esters is 1. The van der Waals surface area contributed by atoms with Crippen molar-refractivity contribution in [2.24, 2.45) is 5.92 Å². The van der Waals surface area contributed by atoms with Crippen molar-refractivity contribution in [2.45, 2.75) is 116 Å². The third-order valence-corrected chi connectivity index (χ3v) is 7.71. The maximum Gasteiger partial charge on any atom is 0.482 e. The van der Waals surface area contributed by atoms with Crippen LogP contribution in [-0.4, -0.2) is 90.5 Å². The molecule has 2 aliphatic rings. The number of hydrogen-bond donors (Lipinski definition) is 3. The standard InChI is InChI=1S/C26H45BN4O8/c1-15(2)21(27-38-25(5,6)26(7,8)39-27)30-23(35)18-11-10-14-31(18)24(36)17(4)29-22(34)16(3)28-19(32)12-13-20(33)37-9/h15-18,21H,10-14H2,1-9H3,(H,28,32)(H,29,34)(H,30,35). The Morgan fingerprint density at radius 3 is 2.05 bits per heavy atom. The van der Waals surface area contributed by atoms with E-state index in [4.69, 9.17) is 9.31 Å². The molecular weight excluding hydrogens is 507 g/mol. The number of carbonyl (C=O) groups excluding carboxylic acids is 5. The number of nitrogens with zero attached hydrogens (tertiary/aromatic N) is 1. The minimum absolute atomic E-state index is 0.0109. The van der Waals surface area contributed by atoms with Crippen LogP contribution in [0.25, 0.3) is 0 Å². The second-order valence-corrected chi connectivity index (χ2v) is 11.7. The Labute approximate surface area is 231 Å². The monoisotopic (exact) mass is 552 g/mol. The summed E-state index contributed by atoms with van der Waals surface area (Å²) in [7, 11) is 0.595. The molecule has 12 nitrogen and oxygen atoms in total.